The monoisotopic (exact) mass is 244 g/mol. The van der Waals surface area contributed by atoms with E-state index in [0.717, 1.165) is 5.75 Å². The van der Waals surface area contributed by atoms with Crippen LogP contribution in [0, 0.1) is 0 Å². The Morgan fingerprint density at radius 2 is 1.24 bits per heavy atom. The summed E-state index contributed by atoms with van der Waals surface area (Å²) in [5.74, 6) is 1.05. The second-order valence-corrected chi connectivity index (χ2v) is 4.84. The first-order valence-corrected chi connectivity index (χ1v) is 7.07. The van der Waals surface area contributed by atoms with E-state index in [2.05, 4.69) is 68.4 Å². The Kier molecular flexibility index (Phi) is 7.24. The molecule has 90 valence electrons. The van der Waals surface area contributed by atoms with Gasteiger partial charge in [0.15, 0.2) is 0 Å². The van der Waals surface area contributed by atoms with Gasteiger partial charge in [0.25, 0.3) is 0 Å². The van der Waals surface area contributed by atoms with Crippen molar-refractivity contribution in [2.45, 2.75) is 30.9 Å². The molecule has 0 heterocycles. The smallest absolute Gasteiger partial charge is 0.0231 e. The molecule has 17 heavy (non-hydrogen) atoms. The highest BCUT2D eigenvalue weighted by Gasteiger charge is 1.93. The van der Waals surface area contributed by atoms with Gasteiger partial charge < -0.3 is 0 Å². The molecule has 2 rings (SSSR count). The van der Waals surface area contributed by atoms with Crippen LogP contribution in [0.2, 0.25) is 0 Å². The number of hydrogen-bond donors (Lipinski definition) is 0. The van der Waals surface area contributed by atoms with E-state index >= 15 is 0 Å². The van der Waals surface area contributed by atoms with Crippen molar-refractivity contribution in [2.24, 2.45) is 0 Å². The third-order valence-electron chi connectivity index (χ3n) is 1.99. The fraction of sp³-hybridized carbons (Fsp3) is 0.250. The first kappa shape index (κ1) is 13.9. The zero-order chi connectivity index (χ0) is 12.3. The van der Waals surface area contributed by atoms with E-state index in [0.29, 0.717) is 0 Å². The third kappa shape index (κ3) is 6.18. The van der Waals surface area contributed by atoms with Gasteiger partial charge in [0, 0.05) is 10.6 Å². The minimum absolute atomic E-state index is 1.05. The molecular formula is C16H20S. The molecular weight excluding hydrogens is 224 g/mol. The quantitative estimate of drug-likeness (QED) is 0.652. The summed E-state index contributed by atoms with van der Waals surface area (Å²) in [6.07, 6.45) is 1.25. The Balaban J connectivity index is 0.000000437. The van der Waals surface area contributed by atoms with Crippen molar-refractivity contribution in [3.63, 3.8) is 0 Å². The zero-order valence-electron chi connectivity index (χ0n) is 10.6. The van der Waals surface area contributed by atoms with Gasteiger partial charge in [0.05, 0.1) is 0 Å². The van der Waals surface area contributed by atoms with Gasteiger partial charge in [-0.25, -0.2) is 0 Å². The Morgan fingerprint density at radius 3 is 1.76 bits per heavy atom. The molecule has 0 aliphatic heterocycles. The second kappa shape index (κ2) is 8.89. The maximum Gasteiger partial charge on any atom is 0.0231 e. The average molecular weight is 244 g/mol. The summed E-state index contributed by atoms with van der Waals surface area (Å²) in [5, 5.41) is 0. The maximum absolute atomic E-state index is 2.16. The Bertz CT molecular complexity index is 341. The molecule has 0 saturated heterocycles. The molecule has 0 aliphatic carbocycles. The lowest BCUT2D eigenvalue weighted by Crippen LogP contribution is -1.78. The zero-order valence-corrected chi connectivity index (χ0v) is 11.4. The summed E-state index contributed by atoms with van der Waals surface area (Å²) in [6.45, 7) is 4.25. The SMILES string of the molecule is CCC.c1ccc(CSc2ccccc2)cc1. The Labute approximate surface area is 109 Å². The van der Waals surface area contributed by atoms with Crippen LogP contribution in [0.15, 0.2) is 65.6 Å². The third-order valence-corrected chi connectivity index (χ3v) is 3.07. The lowest BCUT2D eigenvalue weighted by molar-refractivity contribution is 1.09. The van der Waals surface area contributed by atoms with Crippen LogP contribution < -0.4 is 0 Å². The van der Waals surface area contributed by atoms with Crippen molar-refractivity contribution >= 4 is 11.8 Å². The van der Waals surface area contributed by atoms with Crippen molar-refractivity contribution in [1.82, 2.24) is 0 Å². The molecule has 0 aromatic heterocycles. The van der Waals surface area contributed by atoms with Crippen molar-refractivity contribution in [3.8, 4) is 0 Å². The normalized spacial score (nSPS) is 9.29. The number of hydrogen-bond acceptors (Lipinski definition) is 1. The first-order valence-electron chi connectivity index (χ1n) is 6.08. The van der Waals surface area contributed by atoms with Crippen LogP contribution in [0.4, 0.5) is 0 Å². The molecule has 1 heteroatoms. The van der Waals surface area contributed by atoms with E-state index in [-0.39, 0.29) is 0 Å². The van der Waals surface area contributed by atoms with Gasteiger partial charge in [0.1, 0.15) is 0 Å². The van der Waals surface area contributed by atoms with Gasteiger partial charge in [-0.3, -0.25) is 0 Å². The van der Waals surface area contributed by atoms with Gasteiger partial charge >= 0.3 is 0 Å². The molecule has 0 atom stereocenters. The highest BCUT2D eigenvalue weighted by Crippen LogP contribution is 2.21. The molecule has 2 aromatic rings. The lowest BCUT2D eigenvalue weighted by atomic mass is 10.2. The molecule has 0 fully saturated rings. The Morgan fingerprint density at radius 1 is 0.765 bits per heavy atom. The van der Waals surface area contributed by atoms with Crippen molar-refractivity contribution in [2.75, 3.05) is 0 Å². The van der Waals surface area contributed by atoms with Crippen molar-refractivity contribution < 1.29 is 0 Å². The summed E-state index contributed by atoms with van der Waals surface area (Å²) in [7, 11) is 0. The summed E-state index contributed by atoms with van der Waals surface area (Å²) in [5.41, 5.74) is 1.38. The van der Waals surface area contributed by atoms with Crippen LogP contribution in [0.25, 0.3) is 0 Å². The van der Waals surface area contributed by atoms with Crippen LogP contribution >= 0.6 is 11.8 Å². The number of benzene rings is 2. The standard InChI is InChI=1S/C13H12S.C3H8/c1-3-7-12(8-4-1)11-14-13-9-5-2-6-10-13;1-3-2/h1-10H,11H2;3H2,1-2H3. The molecule has 2 aromatic carbocycles. The van der Waals surface area contributed by atoms with E-state index in [1.54, 1.807) is 0 Å². The van der Waals surface area contributed by atoms with Gasteiger partial charge in [-0.1, -0.05) is 68.8 Å². The van der Waals surface area contributed by atoms with E-state index < -0.39 is 0 Å². The predicted molar refractivity (Wildman–Crippen MR) is 78.4 cm³/mol. The largest absolute Gasteiger partial charge is 0.121 e. The fourth-order valence-corrected chi connectivity index (χ4v) is 2.13. The molecule has 0 bridgehead atoms. The lowest BCUT2D eigenvalue weighted by Gasteiger charge is -2.00. The summed E-state index contributed by atoms with van der Waals surface area (Å²) >= 11 is 1.87. The molecule has 0 nitrogen and oxygen atoms in total. The first-order chi connectivity index (χ1) is 8.36. The average Bonchev–Trinajstić information content (AvgIpc) is 2.40. The minimum Gasteiger partial charge on any atom is -0.121 e. The molecule has 0 unspecified atom stereocenters. The predicted octanol–water partition coefficient (Wildman–Crippen LogP) is 5.40. The molecule has 0 N–H and O–H groups in total. The van der Waals surface area contributed by atoms with Crippen LogP contribution in [0.1, 0.15) is 25.8 Å². The number of rotatable bonds is 3. The van der Waals surface area contributed by atoms with Gasteiger partial charge in [-0.2, -0.15) is 0 Å². The molecule has 0 aliphatic rings. The van der Waals surface area contributed by atoms with Gasteiger partial charge in [-0.05, 0) is 17.7 Å². The summed E-state index contributed by atoms with van der Waals surface area (Å²) < 4.78 is 0. The number of thioether (sulfide) groups is 1. The minimum atomic E-state index is 1.05. The highest BCUT2D eigenvalue weighted by molar-refractivity contribution is 7.98. The maximum atomic E-state index is 2.16. The fourth-order valence-electron chi connectivity index (χ4n) is 1.26. The van der Waals surface area contributed by atoms with Crippen molar-refractivity contribution in [1.29, 1.82) is 0 Å². The Hall–Kier alpha value is -1.21. The van der Waals surface area contributed by atoms with Gasteiger partial charge in [-0.15, -0.1) is 11.8 Å². The van der Waals surface area contributed by atoms with E-state index in [1.165, 1.54) is 16.9 Å². The molecule has 0 saturated carbocycles. The van der Waals surface area contributed by atoms with Crippen molar-refractivity contribution in [3.05, 3.63) is 66.2 Å². The molecule has 0 amide bonds. The molecule has 0 spiro atoms. The van der Waals surface area contributed by atoms with Crippen LogP contribution in [-0.4, -0.2) is 0 Å². The van der Waals surface area contributed by atoms with Crippen LogP contribution in [0.3, 0.4) is 0 Å². The topological polar surface area (TPSA) is 0 Å². The van der Waals surface area contributed by atoms with E-state index in [1.807, 2.05) is 17.8 Å². The summed E-state index contributed by atoms with van der Waals surface area (Å²) in [6, 6.07) is 21.0. The van der Waals surface area contributed by atoms with E-state index in [9.17, 15) is 0 Å². The summed E-state index contributed by atoms with van der Waals surface area (Å²) in [4.78, 5) is 1.33. The van der Waals surface area contributed by atoms with Crippen LogP contribution in [0.5, 0.6) is 0 Å². The van der Waals surface area contributed by atoms with Crippen LogP contribution in [-0.2, 0) is 5.75 Å². The van der Waals surface area contributed by atoms with Gasteiger partial charge in [0.2, 0.25) is 0 Å². The second-order valence-electron chi connectivity index (χ2n) is 3.79. The molecule has 0 radical (unpaired) electrons. The highest BCUT2D eigenvalue weighted by atomic mass is 32.2. The van der Waals surface area contributed by atoms with E-state index in [4.69, 9.17) is 0 Å².